The quantitative estimate of drug-likeness (QED) is 0.806. The van der Waals surface area contributed by atoms with Crippen LogP contribution in [0.4, 0.5) is 11.4 Å². The maximum atomic E-state index is 12.7. The van der Waals surface area contributed by atoms with Crippen molar-refractivity contribution in [2.24, 2.45) is 17.3 Å². The van der Waals surface area contributed by atoms with Gasteiger partial charge in [0.2, 0.25) is 11.8 Å². The van der Waals surface area contributed by atoms with Crippen LogP contribution in [0.25, 0.3) is 0 Å². The summed E-state index contributed by atoms with van der Waals surface area (Å²) < 4.78 is 5.31. The topological polar surface area (TPSA) is 67.4 Å². The third-order valence-electron chi connectivity index (χ3n) is 4.48. The lowest BCUT2D eigenvalue weighted by molar-refractivity contribution is -0.118. The average Bonchev–Trinajstić information content (AvgIpc) is 2.98. The number of rotatable bonds is 5. The monoisotopic (exact) mass is 330 g/mol. The number of allylic oxidation sites excluding steroid dienone is 2. The van der Waals surface area contributed by atoms with E-state index < -0.39 is 0 Å². The van der Waals surface area contributed by atoms with Crippen molar-refractivity contribution in [2.45, 2.75) is 34.6 Å². The minimum atomic E-state index is -0.163. The van der Waals surface area contributed by atoms with Crippen molar-refractivity contribution in [1.29, 1.82) is 0 Å². The van der Waals surface area contributed by atoms with Crippen molar-refractivity contribution in [1.82, 2.24) is 0 Å². The average molecular weight is 330 g/mol. The maximum Gasteiger partial charge on any atom is 0.228 e. The molecule has 24 heavy (non-hydrogen) atoms. The van der Waals surface area contributed by atoms with E-state index in [1.54, 1.807) is 25.3 Å². The molecular weight excluding hydrogens is 304 g/mol. The van der Waals surface area contributed by atoms with Gasteiger partial charge in [0.25, 0.3) is 0 Å². The zero-order valence-electron chi connectivity index (χ0n) is 15.2. The molecule has 0 bridgehead atoms. The molecule has 0 saturated heterocycles. The first-order valence-corrected chi connectivity index (χ1v) is 8.08. The van der Waals surface area contributed by atoms with Gasteiger partial charge in [-0.2, -0.15) is 0 Å². The van der Waals surface area contributed by atoms with Crippen molar-refractivity contribution >= 4 is 23.2 Å². The standard InChI is InChI=1S/C19H26N2O3/c1-11(2)9-14-17(19(14,4)5)18(23)21-15-10-13(20-12(3)22)7-8-16(15)24-6/h7-10,14,17H,1-6H3,(H,20,22)(H,21,23)/t14-,17+/m1/s1. The van der Waals surface area contributed by atoms with Crippen LogP contribution in [0.3, 0.4) is 0 Å². The third kappa shape index (κ3) is 3.78. The lowest BCUT2D eigenvalue weighted by atomic mass is 10.1. The molecule has 1 aliphatic carbocycles. The summed E-state index contributed by atoms with van der Waals surface area (Å²) >= 11 is 0. The molecule has 1 fully saturated rings. The second-order valence-corrected chi connectivity index (χ2v) is 7.15. The Labute approximate surface area is 143 Å². The first kappa shape index (κ1) is 18.0. The molecule has 0 spiro atoms. The fourth-order valence-electron chi connectivity index (χ4n) is 3.15. The number of methoxy groups -OCH3 is 1. The number of benzene rings is 1. The van der Waals surface area contributed by atoms with Gasteiger partial charge in [-0.1, -0.05) is 25.5 Å². The molecule has 0 aliphatic heterocycles. The van der Waals surface area contributed by atoms with Gasteiger partial charge in [0.15, 0.2) is 0 Å². The van der Waals surface area contributed by atoms with E-state index in [4.69, 9.17) is 4.74 Å². The largest absolute Gasteiger partial charge is 0.495 e. The van der Waals surface area contributed by atoms with Crippen LogP contribution in [0, 0.1) is 17.3 Å². The first-order valence-electron chi connectivity index (χ1n) is 8.08. The molecule has 130 valence electrons. The number of ether oxygens (including phenoxy) is 1. The molecule has 2 atom stereocenters. The van der Waals surface area contributed by atoms with Crippen LogP contribution in [-0.2, 0) is 9.59 Å². The van der Waals surface area contributed by atoms with Crippen molar-refractivity contribution in [3.8, 4) is 5.75 Å². The molecule has 0 unspecified atom stereocenters. The molecule has 1 aromatic carbocycles. The smallest absolute Gasteiger partial charge is 0.228 e. The Hall–Kier alpha value is -2.30. The second-order valence-electron chi connectivity index (χ2n) is 7.15. The molecule has 0 aromatic heterocycles. The van der Waals surface area contributed by atoms with E-state index in [1.165, 1.54) is 12.5 Å². The summed E-state index contributed by atoms with van der Waals surface area (Å²) in [7, 11) is 1.55. The van der Waals surface area contributed by atoms with Gasteiger partial charge in [-0.05, 0) is 43.4 Å². The summed E-state index contributed by atoms with van der Waals surface area (Å²) in [5, 5.41) is 5.66. The number of carbonyl (C=O) groups is 2. The van der Waals surface area contributed by atoms with Gasteiger partial charge in [0.05, 0.1) is 18.7 Å². The normalized spacial score (nSPS) is 20.8. The van der Waals surface area contributed by atoms with E-state index in [9.17, 15) is 9.59 Å². The van der Waals surface area contributed by atoms with Crippen LogP contribution in [0.2, 0.25) is 0 Å². The Kier molecular flexibility index (Phi) is 5.02. The molecule has 5 heteroatoms. The summed E-state index contributed by atoms with van der Waals surface area (Å²) in [6.07, 6.45) is 2.16. The Bertz CT molecular complexity index is 688. The van der Waals surface area contributed by atoms with Crippen molar-refractivity contribution in [3.63, 3.8) is 0 Å². The van der Waals surface area contributed by atoms with E-state index >= 15 is 0 Å². The van der Waals surface area contributed by atoms with Gasteiger partial charge >= 0.3 is 0 Å². The van der Waals surface area contributed by atoms with Crippen molar-refractivity contribution in [3.05, 3.63) is 29.8 Å². The molecule has 1 aliphatic rings. The van der Waals surface area contributed by atoms with Crippen LogP contribution >= 0.6 is 0 Å². The van der Waals surface area contributed by atoms with Crippen molar-refractivity contribution in [2.75, 3.05) is 17.7 Å². The van der Waals surface area contributed by atoms with Crippen LogP contribution in [0.5, 0.6) is 5.75 Å². The number of carbonyl (C=O) groups excluding carboxylic acids is 2. The first-order chi connectivity index (χ1) is 11.2. The highest BCUT2D eigenvalue weighted by Gasteiger charge is 2.60. The van der Waals surface area contributed by atoms with E-state index in [0.717, 1.165) is 0 Å². The van der Waals surface area contributed by atoms with E-state index in [-0.39, 0.29) is 29.1 Å². The summed E-state index contributed by atoms with van der Waals surface area (Å²) in [5.41, 5.74) is 2.35. The summed E-state index contributed by atoms with van der Waals surface area (Å²) in [6, 6.07) is 5.18. The maximum absolute atomic E-state index is 12.7. The lowest BCUT2D eigenvalue weighted by Gasteiger charge is -2.13. The lowest BCUT2D eigenvalue weighted by Crippen LogP contribution is -2.17. The molecule has 0 heterocycles. The molecule has 2 N–H and O–H groups in total. The summed E-state index contributed by atoms with van der Waals surface area (Å²) in [4.78, 5) is 23.9. The number of amides is 2. The Morgan fingerprint density at radius 1 is 1.17 bits per heavy atom. The molecule has 5 nitrogen and oxygen atoms in total. The highest BCUT2D eigenvalue weighted by atomic mass is 16.5. The highest BCUT2D eigenvalue weighted by Crippen LogP contribution is 2.59. The van der Waals surface area contributed by atoms with Crippen molar-refractivity contribution < 1.29 is 14.3 Å². The zero-order chi connectivity index (χ0) is 18.1. The SMILES string of the molecule is COc1ccc(NC(C)=O)cc1NC(=O)[C@@H]1[C@@H](C=C(C)C)C1(C)C. The number of anilines is 2. The van der Waals surface area contributed by atoms with Gasteiger partial charge in [-0.3, -0.25) is 9.59 Å². The molecular formula is C19H26N2O3. The minimum absolute atomic E-state index is 0.0271. The van der Waals surface area contributed by atoms with Gasteiger partial charge in [0.1, 0.15) is 5.75 Å². The van der Waals surface area contributed by atoms with E-state index in [0.29, 0.717) is 17.1 Å². The van der Waals surface area contributed by atoms with Gasteiger partial charge in [0, 0.05) is 12.6 Å². The predicted octanol–water partition coefficient (Wildman–Crippen LogP) is 3.83. The Morgan fingerprint density at radius 3 is 2.38 bits per heavy atom. The summed E-state index contributed by atoms with van der Waals surface area (Å²) in [6.45, 7) is 9.74. The van der Waals surface area contributed by atoms with Crippen LogP contribution in [0.15, 0.2) is 29.8 Å². The summed E-state index contributed by atoms with van der Waals surface area (Å²) in [5.74, 6) is 0.549. The fraction of sp³-hybridized carbons (Fsp3) is 0.474. The minimum Gasteiger partial charge on any atom is -0.495 e. The third-order valence-corrected chi connectivity index (χ3v) is 4.48. The predicted molar refractivity (Wildman–Crippen MR) is 96.1 cm³/mol. The molecule has 1 saturated carbocycles. The molecule has 2 amide bonds. The molecule has 2 rings (SSSR count). The number of nitrogens with one attached hydrogen (secondary N) is 2. The van der Waals surface area contributed by atoms with Crippen LogP contribution in [0.1, 0.15) is 34.6 Å². The fourth-order valence-corrected chi connectivity index (χ4v) is 3.15. The van der Waals surface area contributed by atoms with E-state index in [1.807, 2.05) is 13.8 Å². The Morgan fingerprint density at radius 2 is 1.83 bits per heavy atom. The number of hydrogen-bond acceptors (Lipinski definition) is 3. The van der Waals surface area contributed by atoms with Gasteiger partial charge in [-0.25, -0.2) is 0 Å². The highest BCUT2D eigenvalue weighted by molar-refractivity contribution is 5.98. The van der Waals surface area contributed by atoms with Crippen LogP contribution < -0.4 is 15.4 Å². The van der Waals surface area contributed by atoms with Crippen LogP contribution in [-0.4, -0.2) is 18.9 Å². The van der Waals surface area contributed by atoms with Gasteiger partial charge in [-0.15, -0.1) is 0 Å². The molecule has 1 aromatic rings. The molecule has 0 radical (unpaired) electrons. The Balaban J connectivity index is 2.19. The second kappa shape index (κ2) is 6.67. The van der Waals surface area contributed by atoms with E-state index in [2.05, 4.69) is 30.6 Å². The van der Waals surface area contributed by atoms with Gasteiger partial charge < -0.3 is 15.4 Å². The zero-order valence-corrected chi connectivity index (χ0v) is 15.2. The number of hydrogen-bond donors (Lipinski definition) is 2.